The lowest BCUT2D eigenvalue weighted by Crippen LogP contribution is -1.99. The summed E-state index contributed by atoms with van der Waals surface area (Å²) >= 11 is 0. The van der Waals surface area contributed by atoms with Crippen molar-refractivity contribution in [3.63, 3.8) is 0 Å². The van der Waals surface area contributed by atoms with Crippen LogP contribution in [-0.4, -0.2) is 17.2 Å². The molecule has 0 saturated heterocycles. The van der Waals surface area contributed by atoms with E-state index in [0.29, 0.717) is 0 Å². The predicted molar refractivity (Wildman–Crippen MR) is 73.8 cm³/mol. The molecule has 1 aliphatic rings. The molecule has 0 spiro atoms. The first kappa shape index (κ1) is 11.2. The van der Waals surface area contributed by atoms with Crippen molar-refractivity contribution in [3.8, 4) is 11.3 Å². The minimum absolute atomic E-state index is 0.847. The van der Waals surface area contributed by atoms with Gasteiger partial charge >= 0.3 is 0 Å². The minimum atomic E-state index is 0.847. The van der Waals surface area contributed by atoms with Gasteiger partial charge in [-0.05, 0) is 55.0 Å². The van der Waals surface area contributed by atoms with Crippen LogP contribution >= 0.6 is 0 Å². The van der Waals surface area contributed by atoms with Crippen molar-refractivity contribution >= 4 is 5.82 Å². The van der Waals surface area contributed by atoms with Gasteiger partial charge in [-0.3, -0.25) is 0 Å². The van der Waals surface area contributed by atoms with Gasteiger partial charge in [0.25, 0.3) is 0 Å². The second-order valence-electron chi connectivity index (χ2n) is 4.85. The van der Waals surface area contributed by atoms with Gasteiger partial charge in [-0.15, -0.1) is 10.2 Å². The van der Waals surface area contributed by atoms with E-state index in [1.54, 1.807) is 0 Å². The van der Waals surface area contributed by atoms with Crippen LogP contribution < -0.4 is 5.32 Å². The van der Waals surface area contributed by atoms with Crippen molar-refractivity contribution in [2.45, 2.75) is 26.2 Å². The molecule has 92 valence electrons. The average Bonchev–Trinajstić information content (AvgIpc) is 2.85. The number of benzene rings is 1. The molecule has 0 amide bonds. The standard InChI is InChI=1S/C15H17N3/c1-10-8-14(17-18-15(10)16-2)13-7-6-11-4-3-5-12(11)9-13/h6-9H,3-5H2,1-2H3,(H,16,18). The Labute approximate surface area is 107 Å². The van der Waals surface area contributed by atoms with Crippen LogP contribution in [0.4, 0.5) is 5.82 Å². The molecular formula is C15H17N3. The summed E-state index contributed by atoms with van der Waals surface area (Å²) in [6, 6.07) is 8.76. The summed E-state index contributed by atoms with van der Waals surface area (Å²) in [7, 11) is 1.87. The van der Waals surface area contributed by atoms with Crippen molar-refractivity contribution in [2.75, 3.05) is 12.4 Å². The highest BCUT2D eigenvalue weighted by molar-refractivity contribution is 5.63. The summed E-state index contributed by atoms with van der Waals surface area (Å²) in [5.41, 5.74) is 6.23. The van der Waals surface area contributed by atoms with Gasteiger partial charge in [0, 0.05) is 12.6 Å². The van der Waals surface area contributed by atoms with Gasteiger partial charge in [0.15, 0.2) is 5.82 Å². The predicted octanol–water partition coefficient (Wildman–Crippen LogP) is 2.98. The van der Waals surface area contributed by atoms with Crippen LogP contribution in [0, 0.1) is 6.92 Å². The van der Waals surface area contributed by atoms with Crippen LogP contribution in [0.25, 0.3) is 11.3 Å². The Balaban J connectivity index is 2.02. The number of nitrogens with one attached hydrogen (secondary N) is 1. The van der Waals surface area contributed by atoms with E-state index < -0.39 is 0 Å². The average molecular weight is 239 g/mol. The Kier molecular flexibility index (Phi) is 2.74. The van der Waals surface area contributed by atoms with Crippen molar-refractivity contribution in [2.24, 2.45) is 0 Å². The summed E-state index contributed by atoms with van der Waals surface area (Å²) in [5, 5.41) is 11.5. The number of hydrogen-bond donors (Lipinski definition) is 1. The molecule has 0 aliphatic heterocycles. The molecule has 0 unspecified atom stereocenters. The van der Waals surface area contributed by atoms with Crippen molar-refractivity contribution in [1.29, 1.82) is 0 Å². The number of nitrogens with zero attached hydrogens (tertiary/aromatic N) is 2. The fourth-order valence-corrected chi connectivity index (χ4v) is 2.60. The van der Waals surface area contributed by atoms with Gasteiger partial charge < -0.3 is 5.32 Å². The molecule has 1 heterocycles. The highest BCUT2D eigenvalue weighted by atomic mass is 15.2. The van der Waals surface area contributed by atoms with E-state index in [0.717, 1.165) is 17.1 Å². The zero-order valence-electron chi connectivity index (χ0n) is 10.8. The molecule has 2 aromatic rings. The third-order valence-corrected chi connectivity index (χ3v) is 3.62. The van der Waals surface area contributed by atoms with Gasteiger partial charge in [0.1, 0.15) is 0 Å². The third kappa shape index (κ3) is 1.86. The molecular weight excluding hydrogens is 222 g/mol. The van der Waals surface area contributed by atoms with Crippen LogP contribution in [-0.2, 0) is 12.8 Å². The normalized spacial score (nSPS) is 13.4. The number of anilines is 1. The lowest BCUT2D eigenvalue weighted by Gasteiger charge is -2.07. The van der Waals surface area contributed by atoms with Gasteiger partial charge in [-0.25, -0.2) is 0 Å². The van der Waals surface area contributed by atoms with Crippen molar-refractivity contribution < 1.29 is 0 Å². The van der Waals surface area contributed by atoms with Gasteiger partial charge in [-0.2, -0.15) is 0 Å². The lowest BCUT2D eigenvalue weighted by molar-refractivity contribution is 0.912. The summed E-state index contributed by atoms with van der Waals surface area (Å²) < 4.78 is 0. The van der Waals surface area contributed by atoms with E-state index in [-0.39, 0.29) is 0 Å². The zero-order chi connectivity index (χ0) is 12.5. The molecule has 3 heteroatoms. The summed E-state index contributed by atoms with van der Waals surface area (Å²) in [4.78, 5) is 0. The van der Waals surface area contributed by atoms with Crippen LogP contribution in [0.3, 0.4) is 0 Å². The minimum Gasteiger partial charge on any atom is -0.371 e. The topological polar surface area (TPSA) is 37.8 Å². The molecule has 3 nitrogen and oxygen atoms in total. The van der Waals surface area contributed by atoms with Gasteiger partial charge in [0.05, 0.1) is 5.69 Å². The second kappa shape index (κ2) is 4.41. The molecule has 0 radical (unpaired) electrons. The molecule has 0 saturated carbocycles. The van der Waals surface area contributed by atoms with Crippen LogP contribution in [0.2, 0.25) is 0 Å². The molecule has 18 heavy (non-hydrogen) atoms. The van der Waals surface area contributed by atoms with E-state index in [1.165, 1.54) is 36.0 Å². The fraction of sp³-hybridized carbons (Fsp3) is 0.333. The monoisotopic (exact) mass is 239 g/mol. The van der Waals surface area contributed by atoms with E-state index in [1.807, 2.05) is 7.05 Å². The van der Waals surface area contributed by atoms with E-state index in [4.69, 9.17) is 0 Å². The fourth-order valence-electron chi connectivity index (χ4n) is 2.60. The number of fused-ring (bicyclic) bond motifs is 1. The SMILES string of the molecule is CNc1nnc(-c2ccc3c(c2)CCC3)cc1C. The molecule has 0 atom stereocenters. The Morgan fingerprint density at radius 1 is 1.06 bits per heavy atom. The number of rotatable bonds is 2. The Bertz CT molecular complexity index is 590. The molecule has 1 aromatic heterocycles. The Morgan fingerprint density at radius 2 is 1.89 bits per heavy atom. The van der Waals surface area contributed by atoms with E-state index >= 15 is 0 Å². The smallest absolute Gasteiger partial charge is 0.151 e. The quantitative estimate of drug-likeness (QED) is 0.875. The highest BCUT2D eigenvalue weighted by Gasteiger charge is 2.12. The molecule has 3 rings (SSSR count). The van der Waals surface area contributed by atoms with Gasteiger partial charge in [0.2, 0.25) is 0 Å². The maximum absolute atomic E-state index is 4.29. The first-order chi connectivity index (χ1) is 8.78. The molecule has 0 fully saturated rings. The summed E-state index contributed by atoms with van der Waals surface area (Å²) in [6.07, 6.45) is 3.70. The highest BCUT2D eigenvalue weighted by Crippen LogP contribution is 2.27. The van der Waals surface area contributed by atoms with Crippen molar-refractivity contribution in [3.05, 3.63) is 41.0 Å². The largest absolute Gasteiger partial charge is 0.371 e. The lowest BCUT2D eigenvalue weighted by atomic mass is 10.0. The van der Waals surface area contributed by atoms with Crippen LogP contribution in [0.5, 0.6) is 0 Å². The number of aromatic nitrogens is 2. The zero-order valence-corrected chi connectivity index (χ0v) is 10.8. The summed E-state index contributed by atoms with van der Waals surface area (Å²) in [5.74, 6) is 0.847. The molecule has 0 bridgehead atoms. The van der Waals surface area contributed by atoms with E-state index in [9.17, 15) is 0 Å². The third-order valence-electron chi connectivity index (χ3n) is 3.62. The van der Waals surface area contributed by atoms with Crippen LogP contribution in [0.15, 0.2) is 24.3 Å². The van der Waals surface area contributed by atoms with Crippen LogP contribution in [0.1, 0.15) is 23.1 Å². The maximum atomic E-state index is 4.29. The Morgan fingerprint density at radius 3 is 2.67 bits per heavy atom. The Hall–Kier alpha value is -1.90. The second-order valence-corrected chi connectivity index (χ2v) is 4.85. The molecule has 1 N–H and O–H groups in total. The van der Waals surface area contributed by atoms with E-state index in [2.05, 4.69) is 46.7 Å². The maximum Gasteiger partial charge on any atom is 0.151 e. The van der Waals surface area contributed by atoms with Crippen molar-refractivity contribution in [1.82, 2.24) is 10.2 Å². The summed E-state index contributed by atoms with van der Waals surface area (Å²) in [6.45, 7) is 2.05. The first-order valence-corrected chi connectivity index (χ1v) is 6.42. The number of aryl methyl sites for hydroxylation is 3. The first-order valence-electron chi connectivity index (χ1n) is 6.42. The molecule has 1 aromatic carbocycles. The molecule has 1 aliphatic carbocycles. The van der Waals surface area contributed by atoms with Gasteiger partial charge in [-0.1, -0.05) is 12.1 Å². The number of hydrogen-bond acceptors (Lipinski definition) is 3.